The molecule has 1 saturated heterocycles. The van der Waals surface area contributed by atoms with Gasteiger partial charge in [0.2, 0.25) is 5.95 Å². The highest BCUT2D eigenvalue weighted by atomic mass is 16.3. The fraction of sp³-hybridized carbons (Fsp3) is 0.412. The van der Waals surface area contributed by atoms with Gasteiger partial charge in [-0.2, -0.15) is 4.98 Å². The molecule has 0 amide bonds. The lowest BCUT2D eigenvalue weighted by Crippen LogP contribution is -2.38. The highest BCUT2D eigenvalue weighted by Gasteiger charge is 2.19. The molecule has 116 valence electrons. The summed E-state index contributed by atoms with van der Waals surface area (Å²) in [6.45, 7) is 3.70. The van der Waals surface area contributed by atoms with Crippen molar-refractivity contribution >= 4 is 17.5 Å². The Labute approximate surface area is 131 Å². The average molecular weight is 298 g/mol. The Kier molecular flexibility index (Phi) is 4.53. The Hall–Kier alpha value is -2.14. The van der Waals surface area contributed by atoms with Crippen LogP contribution in [0.2, 0.25) is 0 Å². The first-order valence-electron chi connectivity index (χ1n) is 7.87. The Morgan fingerprint density at radius 1 is 1.32 bits per heavy atom. The summed E-state index contributed by atoms with van der Waals surface area (Å²) in [5, 5.41) is 13.1. The molecule has 3 rings (SSSR count). The zero-order valence-electron chi connectivity index (χ0n) is 12.9. The van der Waals surface area contributed by atoms with E-state index in [1.165, 1.54) is 5.56 Å². The Morgan fingerprint density at radius 3 is 3.00 bits per heavy atom. The van der Waals surface area contributed by atoms with Gasteiger partial charge in [-0.3, -0.25) is 0 Å². The molecule has 1 unspecified atom stereocenters. The zero-order valence-corrected chi connectivity index (χ0v) is 12.9. The van der Waals surface area contributed by atoms with E-state index in [1.807, 2.05) is 24.3 Å². The molecule has 1 aromatic carbocycles. The van der Waals surface area contributed by atoms with Crippen molar-refractivity contribution in [3.63, 3.8) is 0 Å². The number of β-amino-alcohol motifs (C(OH)–C–C–N with tert-alkyl or cyclic N) is 1. The van der Waals surface area contributed by atoms with Crippen molar-refractivity contribution in [2.45, 2.75) is 32.3 Å². The van der Waals surface area contributed by atoms with Gasteiger partial charge in [-0.25, -0.2) is 4.98 Å². The van der Waals surface area contributed by atoms with Crippen LogP contribution in [0.4, 0.5) is 17.5 Å². The van der Waals surface area contributed by atoms with E-state index in [4.69, 9.17) is 0 Å². The van der Waals surface area contributed by atoms with E-state index in [1.54, 1.807) is 6.20 Å². The van der Waals surface area contributed by atoms with Crippen molar-refractivity contribution in [3.8, 4) is 0 Å². The summed E-state index contributed by atoms with van der Waals surface area (Å²) < 4.78 is 0. The number of rotatable bonds is 4. The van der Waals surface area contributed by atoms with Gasteiger partial charge in [-0.1, -0.05) is 25.1 Å². The molecule has 0 spiro atoms. The first kappa shape index (κ1) is 14.8. The first-order valence-corrected chi connectivity index (χ1v) is 7.87. The second-order valence-corrected chi connectivity index (χ2v) is 5.62. The molecule has 0 bridgehead atoms. The van der Waals surface area contributed by atoms with Crippen LogP contribution in [0, 0.1) is 0 Å². The number of nitrogens with zero attached hydrogens (tertiary/aromatic N) is 3. The largest absolute Gasteiger partial charge is 0.391 e. The van der Waals surface area contributed by atoms with Crippen LogP contribution in [0.15, 0.2) is 36.5 Å². The van der Waals surface area contributed by atoms with Gasteiger partial charge in [0.1, 0.15) is 5.82 Å². The molecule has 1 aromatic heterocycles. The summed E-state index contributed by atoms with van der Waals surface area (Å²) in [6, 6.07) is 10.1. The lowest BCUT2D eigenvalue weighted by molar-refractivity contribution is 0.154. The molecule has 22 heavy (non-hydrogen) atoms. The zero-order chi connectivity index (χ0) is 15.4. The quantitative estimate of drug-likeness (QED) is 0.909. The van der Waals surface area contributed by atoms with Crippen molar-refractivity contribution in [1.82, 2.24) is 9.97 Å². The Balaban J connectivity index is 1.79. The summed E-state index contributed by atoms with van der Waals surface area (Å²) >= 11 is 0. The molecule has 1 atom stereocenters. The van der Waals surface area contributed by atoms with Gasteiger partial charge in [0.05, 0.1) is 6.10 Å². The fourth-order valence-electron chi connectivity index (χ4n) is 2.82. The monoisotopic (exact) mass is 298 g/mol. The molecule has 2 aromatic rings. The molecular weight excluding hydrogens is 276 g/mol. The van der Waals surface area contributed by atoms with E-state index in [0.29, 0.717) is 12.5 Å². The van der Waals surface area contributed by atoms with Crippen LogP contribution < -0.4 is 10.2 Å². The Bertz CT molecular complexity index is 632. The van der Waals surface area contributed by atoms with Crippen LogP contribution in [0.1, 0.15) is 25.3 Å². The van der Waals surface area contributed by atoms with Crippen LogP contribution in [0.5, 0.6) is 0 Å². The van der Waals surface area contributed by atoms with Gasteiger partial charge in [0.15, 0.2) is 0 Å². The van der Waals surface area contributed by atoms with Crippen LogP contribution in [0.3, 0.4) is 0 Å². The maximum absolute atomic E-state index is 9.81. The predicted molar refractivity (Wildman–Crippen MR) is 88.6 cm³/mol. The molecule has 5 nitrogen and oxygen atoms in total. The van der Waals surface area contributed by atoms with Crippen molar-refractivity contribution in [1.29, 1.82) is 0 Å². The number of hydrogen-bond donors (Lipinski definition) is 2. The molecule has 0 aliphatic carbocycles. The topological polar surface area (TPSA) is 61.3 Å². The van der Waals surface area contributed by atoms with E-state index in [2.05, 4.69) is 33.2 Å². The molecule has 0 saturated carbocycles. The summed E-state index contributed by atoms with van der Waals surface area (Å²) in [7, 11) is 0. The standard InChI is InChI=1S/C17H22N4O/c1-2-13-6-3-4-8-15(13)19-17-18-10-9-16(20-17)21-11-5-7-14(22)12-21/h3-4,6,8-10,14,22H,2,5,7,11-12H2,1H3,(H,18,19,20). The number of aryl methyl sites for hydroxylation is 1. The molecule has 1 aliphatic heterocycles. The minimum absolute atomic E-state index is 0.263. The number of nitrogens with one attached hydrogen (secondary N) is 1. The van der Waals surface area contributed by atoms with Gasteiger partial charge in [-0.05, 0) is 37.0 Å². The first-order chi connectivity index (χ1) is 10.8. The van der Waals surface area contributed by atoms with Gasteiger partial charge in [-0.15, -0.1) is 0 Å². The summed E-state index contributed by atoms with van der Waals surface area (Å²) in [6.07, 6.45) is 4.32. The Morgan fingerprint density at radius 2 is 2.18 bits per heavy atom. The highest BCUT2D eigenvalue weighted by molar-refractivity contribution is 5.59. The third-order valence-electron chi connectivity index (χ3n) is 4.01. The maximum atomic E-state index is 9.81. The number of aliphatic hydroxyl groups is 1. The van der Waals surface area contributed by atoms with Crippen molar-refractivity contribution < 1.29 is 5.11 Å². The molecule has 5 heteroatoms. The summed E-state index contributed by atoms with van der Waals surface area (Å²) in [4.78, 5) is 11.0. The SMILES string of the molecule is CCc1ccccc1Nc1nccc(N2CCCC(O)C2)n1. The smallest absolute Gasteiger partial charge is 0.229 e. The number of aliphatic hydroxyl groups excluding tert-OH is 1. The number of anilines is 3. The van der Waals surface area contributed by atoms with Crippen LogP contribution in [-0.4, -0.2) is 34.3 Å². The van der Waals surface area contributed by atoms with Crippen molar-refractivity contribution in [3.05, 3.63) is 42.1 Å². The lowest BCUT2D eigenvalue weighted by Gasteiger charge is -2.31. The van der Waals surface area contributed by atoms with E-state index in [9.17, 15) is 5.11 Å². The fourth-order valence-corrected chi connectivity index (χ4v) is 2.82. The van der Waals surface area contributed by atoms with E-state index in [0.717, 1.165) is 37.3 Å². The van der Waals surface area contributed by atoms with Gasteiger partial charge in [0, 0.05) is 25.0 Å². The second kappa shape index (κ2) is 6.75. The van der Waals surface area contributed by atoms with E-state index in [-0.39, 0.29) is 6.10 Å². The number of piperidine rings is 1. The highest BCUT2D eigenvalue weighted by Crippen LogP contribution is 2.22. The van der Waals surface area contributed by atoms with Gasteiger partial charge < -0.3 is 15.3 Å². The second-order valence-electron chi connectivity index (χ2n) is 5.62. The maximum Gasteiger partial charge on any atom is 0.229 e. The molecule has 1 fully saturated rings. The van der Waals surface area contributed by atoms with Crippen LogP contribution in [0.25, 0.3) is 0 Å². The minimum Gasteiger partial charge on any atom is -0.391 e. The number of hydrogen-bond acceptors (Lipinski definition) is 5. The van der Waals surface area contributed by atoms with Crippen LogP contribution >= 0.6 is 0 Å². The molecular formula is C17H22N4O. The number of para-hydroxylation sites is 1. The molecule has 1 aliphatic rings. The summed E-state index contributed by atoms with van der Waals surface area (Å²) in [5.41, 5.74) is 2.28. The average Bonchev–Trinajstić information content (AvgIpc) is 2.56. The van der Waals surface area contributed by atoms with E-state index >= 15 is 0 Å². The predicted octanol–water partition coefficient (Wildman–Crippen LogP) is 2.74. The third-order valence-corrected chi connectivity index (χ3v) is 4.01. The number of benzene rings is 1. The molecule has 2 N–H and O–H groups in total. The van der Waals surface area contributed by atoms with Crippen molar-refractivity contribution in [2.75, 3.05) is 23.3 Å². The third kappa shape index (κ3) is 3.36. The normalized spacial score (nSPS) is 18.3. The van der Waals surface area contributed by atoms with E-state index < -0.39 is 0 Å². The lowest BCUT2D eigenvalue weighted by atomic mass is 10.1. The number of aromatic nitrogens is 2. The molecule has 0 radical (unpaired) electrons. The molecule has 2 heterocycles. The van der Waals surface area contributed by atoms with Gasteiger partial charge in [0.25, 0.3) is 0 Å². The van der Waals surface area contributed by atoms with Crippen LogP contribution in [-0.2, 0) is 6.42 Å². The summed E-state index contributed by atoms with van der Waals surface area (Å²) in [5.74, 6) is 1.46. The van der Waals surface area contributed by atoms with Gasteiger partial charge >= 0.3 is 0 Å². The van der Waals surface area contributed by atoms with Crippen molar-refractivity contribution in [2.24, 2.45) is 0 Å². The minimum atomic E-state index is -0.263.